The van der Waals surface area contributed by atoms with E-state index in [0.717, 1.165) is 24.0 Å². The van der Waals surface area contributed by atoms with Gasteiger partial charge in [-0.25, -0.2) is 9.59 Å². The van der Waals surface area contributed by atoms with Gasteiger partial charge in [0.2, 0.25) is 0 Å². The fraction of sp³-hybridized carbons (Fsp3) is 0.474. The number of benzene rings is 1. The Kier molecular flexibility index (Phi) is 4.11. The van der Waals surface area contributed by atoms with Gasteiger partial charge in [-0.3, -0.25) is 4.90 Å². The molecule has 1 aromatic rings. The Morgan fingerprint density at radius 3 is 2.29 bits per heavy atom. The van der Waals surface area contributed by atoms with E-state index in [4.69, 9.17) is 9.47 Å². The first kappa shape index (κ1) is 16.6. The van der Waals surface area contributed by atoms with Crippen molar-refractivity contribution in [1.82, 2.24) is 4.90 Å². The summed E-state index contributed by atoms with van der Waals surface area (Å²) in [5.41, 5.74) is 1.87. The summed E-state index contributed by atoms with van der Waals surface area (Å²) in [6, 6.07) is 9.32. The number of amides is 1. The highest BCUT2D eigenvalue weighted by atomic mass is 16.6. The second-order valence-electron chi connectivity index (χ2n) is 7.18. The highest BCUT2D eigenvalue weighted by Gasteiger charge is 2.52. The van der Waals surface area contributed by atoms with Crippen LogP contribution in [0, 0.1) is 0 Å². The minimum absolute atomic E-state index is 0.138. The van der Waals surface area contributed by atoms with E-state index < -0.39 is 5.60 Å². The molecule has 2 aliphatic heterocycles. The Morgan fingerprint density at radius 1 is 1.08 bits per heavy atom. The van der Waals surface area contributed by atoms with Gasteiger partial charge in [0.15, 0.2) is 0 Å². The summed E-state index contributed by atoms with van der Waals surface area (Å²) in [4.78, 5) is 26.8. The van der Waals surface area contributed by atoms with Crippen LogP contribution in [0.25, 0.3) is 5.57 Å². The molecule has 2 bridgehead atoms. The lowest BCUT2D eigenvalue weighted by Crippen LogP contribution is -2.41. The molecule has 0 aromatic heterocycles. The number of methoxy groups -OCH3 is 1. The van der Waals surface area contributed by atoms with E-state index in [9.17, 15) is 9.59 Å². The van der Waals surface area contributed by atoms with E-state index in [0.29, 0.717) is 5.57 Å². The number of esters is 1. The summed E-state index contributed by atoms with van der Waals surface area (Å²) in [5, 5.41) is 0. The van der Waals surface area contributed by atoms with E-state index in [-0.39, 0.29) is 24.1 Å². The number of carbonyl (C=O) groups excluding carboxylic acids is 2. The molecule has 0 spiro atoms. The maximum absolute atomic E-state index is 12.7. The standard InChI is InChI=1S/C19H23NO4/c1-19(2,3)24-18(22)20-13-10-11-14(20)16(17(21)23-4)15(13)12-8-6-5-7-9-12/h5-9,13-14H,10-11H2,1-4H3. The second kappa shape index (κ2) is 5.96. The van der Waals surface area contributed by atoms with Crippen molar-refractivity contribution >= 4 is 17.6 Å². The summed E-state index contributed by atoms with van der Waals surface area (Å²) < 4.78 is 10.5. The minimum atomic E-state index is -0.572. The predicted molar refractivity (Wildman–Crippen MR) is 90.3 cm³/mol. The van der Waals surface area contributed by atoms with Crippen LogP contribution in [0.5, 0.6) is 0 Å². The van der Waals surface area contributed by atoms with Crippen molar-refractivity contribution in [1.29, 1.82) is 0 Å². The molecule has 5 heteroatoms. The van der Waals surface area contributed by atoms with Crippen molar-refractivity contribution in [2.45, 2.75) is 51.3 Å². The SMILES string of the molecule is COC(=O)C1=C(c2ccccc2)C2CCC1N2C(=O)OC(C)(C)C. The van der Waals surface area contributed by atoms with Gasteiger partial charge in [-0.2, -0.15) is 0 Å². The quantitative estimate of drug-likeness (QED) is 0.780. The zero-order chi connectivity index (χ0) is 17.5. The van der Waals surface area contributed by atoms with Gasteiger partial charge in [-0.1, -0.05) is 30.3 Å². The molecular weight excluding hydrogens is 306 g/mol. The van der Waals surface area contributed by atoms with Gasteiger partial charge >= 0.3 is 12.1 Å². The summed E-state index contributed by atoms with van der Waals surface area (Å²) in [6.45, 7) is 5.53. The van der Waals surface area contributed by atoms with Gasteiger partial charge in [0.25, 0.3) is 0 Å². The number of ether oxygens (including phenoxy) is 2. The van der Waals surface area contributed by atoms with E-state index in [2.05, 4.69) is 0 Å². The summed E-state index contributed by atoms with van der Waals surface area (Å²) in [6.07, 6.45) is 1.21. The summed E-state index contributed by atoms with van der Waals surface area (Å²) >= 11 is 0. The minimum Gasteiger partial charge on any atom is -0.466 e. The maximum atomic E-state index is 12.7. The maximum Gasteiger partial charge on any atom is 0.411 e. The molecular formula is C19H23NO4. The number of fused-ring (bicyclic) bond motifs is 2. The highest BCUT2D eigenvalue weighted by Crippen LogP contribution is 2.47. The topological polar surface area (TPSA) is 55.8 Å². The van der Waals surface area contributed by atoms with E-state index in [1.807, 2.05) is 51.1 Å². The lowest BCUT2D eigenvalue weighted by molar-refractivity contribution is -0.136. The third kappa shape index (κ3) is 2.79. The first-order chi connectivity index (χ1) is 11.3. The predicted octanol–water partition coefficient (Wildman–Crippen LogP) is 3.39. The average Bonchev–Trinajstić information content (AvgIpc) is 3.09. The molecule has 1 aromatic carbocycles. The molecule has 0 N–H and O–H groups in total. The molecule has 128 valence electrons. The average molecular weight is 329 g/mol. The lowest BCUT2D eigenvalue weighted by Gasteiger charge is -2.28. The van der Waals surface area contributed by atoms with Crippen molar-refractivity contribution in [2.24, 2.45) is 0 Å². The number of rotatable bonds is 2. The van der Waals surface area contributed by atoms with Crippen LogP contribution in [0.1, 0.15) is 39.2 Å². The molecule has 5 nitrogen and oxygen atoms in total. The van der Waals surface area contributed by atoms with Gasteiger partial charge < -0.3 is 9.47 Å². The van der Waals surface area contributed by atoms with Crippen LogP contribution in [0.4, 0.5) is 4.79 Å². The van der Waals surface area contributed by atoms with Crippen molar-refractivity contribution in [3.05, 3.63) is 41.5 Å². The molecule has 0 aliphatic carbocycles. The van der Waals surface area contributed by atoms with Gasteiger partial charge in [0.1, 0.15) is 5.60 Å². The Balaban J connectivity index is 2.01. The van der Waals surface area contributed by atoms with Gasteiger partial charge in [-0.05, 0) is 44.7 Å². The van der Waals surface area contributed by atoms with Crippen molar-refractivity contribution in [3.63, 3.8) is 0 Å². The lowest BCUT2D eigenvalue weighted by atomic mass is 9.87. The zero-order valence-corrected chi connectivity index (χ0v) is 14.5. The first-order valence-corrected chi connectivity index (χ1v) is 8.22. The molecule has 2 atom stereocenters. The highest BCUT2D eigenvalue weighted by molar-refractivity contribution is 6.03. The third-order valence-electron chi connectivity index (χ3n) is 4.44. The largest absolute Gasteiger partial charge is 0.466 e. The van der Waals surface area contributed by atoms with Crippen LogP contribution in [0.2, 0.25) is 0 Å². The van der Waals surface area contributed by atoms with Crippen LogP contribution < -0.4 is 0 Å². The van der Waals surface area contributed by atoms with Gasteiger partial charge in [0.05, 0.1) is 24.8 Å². The molecule has 0 radical (unpaired) electrons. The molecule has 2 unspecified atom stereocenters. The molecule has 0 saturated carbocycles. The number of carbonyl (C=O) groups is 2. The van der Waals surface area contributed by atoms with Crippen LogP contribution in [-0.4, -0.2) is 41.8 Å². The smallest absolute Gasteiger partial charge is 0.411 e. The normalized spacial score (nSPS) is 22.8. The molecule has 1 saturated heterocycles. The van der Waals surface area contributed by atoms with E-state index in [1.165, 1.54) is 7.11 Å². The summed E-state index contributed by atoms with van der Waals surface area (Å²) in [7, 11) is 1.38. The third-order valence-corrected chi connectivity index (χ3v) is 4.44. The Hall–Kier alpha value is -2.30. The van der Waals surface area contributed by atoms with Crippen LogP contribution in [0.15, 0.2) is 35.9 Å². The van der Waals surface area contributed by atoms with Gasteiger partial charge in [0, 0.05) is 0 Å². The molecule has 1 amide bonds. The Labute approximate surface area is 142 Å². The second-order valence-corrected chi connectivity index (χ2v) is 7.18. The Morgan fingerprint density at radius 2 is 1.71 bits per heavy atom. The monoisotopic (exact) mass is 329 g/mol. The fourth-order valence-corrected chi connectivity index (χ4v) is 3.63. The molecule has 3 rings (SSSR count). The van der Waals surface area contributed by atoms with Crippen LogP contribution >= 0.6 is 0 Å². The van der Waals surface area contributed by atoms with Crippen LogP contribution in [-0.2, 0) is 14.3 Å². The molecule has 1 fully saturated rings. The van der Waals surface area contributed by atoms with Gasteiger partial charge in [-0.15, -0.1) is 0 Å². The number of nitrogens with zero attached hydrogens (tertiary/aromatic N) is 1. The number of hydrogen-bond donors (Lipinski definition) is 0. The molecule has 24 heavy (non-hydrogen) atoms. The summed E-state index contributed by atoms with van der Waals surface area (Å²) in [5.74, 6) is -0.366. The molecule has 2 heterocycles. The number of hydrogen-bond acceptors (Lipinski definition) is 4. The van der Waals surface area contributed by atoms with Crippen LogP contribution in [0.3, 0.4) is 0 Å². The van der Waals surface area contributed by atoms with Crippen molar-refractivity contribution in [2.75, 3.05) is 7.11 Å². The van der Waals surface area contributed by atoms with Crippen molar-refractivity contribution in [3.8, 4) is 0 Å². The molecule has 2 aliphatic rings. The Bertz CT molecular complexity index is 687. The first-order valence-electron chi connectivity index (χ1n) is 8.22. The van der Waals surface area contributed by atoms with Crippen molar-refractivity contribution < 1.29 is 19.1 Å². The zero-order valence-electron chi connectivity index (χ0n) is 14.5. The van der Waals surface area contributed by atoms with E-state index in [1.54, 1.807) is 4.90 Å². The fourth-order valence-electron chi connectivity index (χ4n) is 3.63. The van der Waals surface area contributed by atoms with E-state index >= 15 is 0 Å².